The average Bonchev–Trinajstić information content (AvgIpc) is 2.82. The van der Waals surface area contributed by atoms with Gasteiger partial charge in [-0.1, -0.05) is 5.16 Å². The molecular formula is C11H19N3O2. The van der Waals surface area contributed by atoms with Gasteiger partial charge >= 0.3 is 0 Å². The van der Waals surface area contributed by atoms with Crippen molar-refractivity contribution < 1.29 is 9.26 Å². The minimum atomic E-state index is 0.426. The molecule has 0 aliphatic heterocycles. The van der Waals surface area contributed by atoms with Crippen LogP contribution in [0, 0.1) is 0 Å². The van der Waals surface area contributed by atoms with Gasteiger partial charge in [0.1, 0.15) is 0 Å². The third-order valence-electron chi connectivity index (χ3n) is 3.14. The SMILES string of the molecule is COC1CCCC(NCCc2ncno2)C1. The quantitative estimate of drug-likeness (QED) is 0.814. The van der Waals surface area contributed by atoms with Crippen molar-refractivity contribution in [3.63, 3.8) is 0 Å². The van der Waals surface area contributed by atoms with E-state index in [2.05, 4.69) is 15.5 Å². The van der Waals surface area contributed by atoms with Crippen LogP contribution >= 0.6 is 0 Å². The lowest BCUT2D eigenvalue weighted by Gasteiger charge is -2.28. The first-order valence-electron chi connectivity index (χ1n) is 5.90. The van der Waals surface area contributed by atoms with Crippen LogP contribution in [0.2, 0.25) is 0 Å². The summed E-state index contributed by atoms with van der Waals surface area (Å²) < 4.78 is 10.3. The summed E-state index contributed by atoms with van der Waals surface area (Å²) >= 11 is 0. The summed E-state index contributed by atoms with van der Waals surface area (Å²) in [6.45, 7) is 0.892. The fourth-order valence-electron chi connectivity index (χ4n) is 2.23. The minimum absolute atomic E-state index is 0.426. The number of ether oxygens (including phenoxy) is 1. The van der Waals surface area contributed by atoms with Crippen LogP contribution in [0.15, 0.2) is 10.9 Å². The van der Waals surface area contributed by atoms with Crippen molar-refractivity contribution in [2.75, 3.05) is 13.7 Å². The molecule has 2 rings (SSSR count). The van der Waals surface area contributed by atoms with E-state index >= 15 is 0 Å². The van der Waals surface area contributed by atoms with E-state index in [1.165, 1.54) is 25.6 Å². The van der Waals surface area contributed by atoms with Gasteiger partial charge in [0.05, 0.1) is 6.10 Å². The van der Waals surface area contributed by atoms with Gasteiger partial charge in [0.25, 0.3) is 0 Å². The minimum Gasteiger partial charge on any atom is -0.381 e. The zero-order valence-corrected chi connectivity index (χ0v) is 9.69. The fraction of sp³-hybridized carbons (Fsp3) is 0.818. The second-order valence-electron chi connectivity index (χ2n) is 4.26. The monoisotopic (exact) mass is 225 g/mol. The van der Waals surface area contributed by atoms with E-state index in [0.717, 1.165) is 19.4 Å². The lowest BCUT2D eigenvalue weighted by atomic mass is 9.93. The Bertz CT molecular complexity index is 289. The fourth-order valence-corrected chi connectivity index (χ4v) is 2.23. The largest absolute Gasteiger partial charge is 0.381 e. The van der Waals surface area contributed by atoms with E-state index in [1.807, 2.05) is 0 Å². The lowest BCUT2D eigenvalue weighted by Crippen LogP contribution is -2.37. The Labute approximate surface area is 95.6 Å². The Morgan fingerprint density at radius 3 is 3.25 bits per heavy atom. The topological polar surface area (TPSA) is 60.2 Å². The van der Waals surface area contributed by atoms with E-state index in [9.17, 15) is 0 Å². The van der Waals surface area contributed by atoms with Crippen molar-refractivity contribution in [1.29, 1.82) is 0 Å². The molecule has 1 saturated carbocycles. The number of methoxy groups -OCH3 is 1. The van der Waals surface area contributed by atoms with E-state index in [1.54, 1.807) is 7.11 Å². The third-order valence-corrected chi connectivity index (χ3v) is 3.14. The van der Waals surface area contributed by atoms with Crippen molar-refractivity contribution >= 4 is 0 Å². The zero-order valence-electron chi connectivity index (χ0n) is 9.69. The second kappa shape index (κ2) is 5.96. The normalized spacial score (nSPS) is 25.8. The van der Waals surface area contributed by atoms with E-state index in [-0.39, 0.29) is 0 Å². The maximum Gasteiger partial charge on any atom is 0.227 e. The molecule has 5 heteroatoms. The number of nitrogens with zero attached hydrogens (tertiary/aromatic N) is 2. The molecule has 0 aromatic carbocycles. The molecule has 5 nitrogen and oxygen atoms in total. The van der Waals surface area contributed by atoms with Gasteiger partial charge < -0.3 is 14.6 Å². The maximum absolute atomic E-state index is 5.39. The molecule has 1 fully saturated rings. The average molecular weight is 225 g/mol. The van der Waals surface area contributed by atoms with Crippen LogP contribution in [0.5, 0.6) is 0 Å². The molecule has 2 unspecified atom stereocenters. The molecule has 1 aliphatic carbocycles. The van der Waals surface area contributed by atoms with Gasteiger partial charge in [-0.15, -0.1) is 0 Å². The van der Waals surface area contributed by atoms with Crippen molar-refractivity contribution in [3.05, 3.63) is 12.2 Å². The maximum atomic E-state index is 5.39. The molecule has 1 aromatic heterocycles. The first kappa shape index (κ1) is 11.5. The number of hydrogen-bond acceptors (Lipinski definition) is 5. The molecule has 1 aliphatic rings. The third kappa shape index (κ3) is 3.28. The highest BCUT2D eigenvalue weighted by Crippen LogP contribution is 2.20. The molecular weight excluding hydrogens is 206 g/mol. The van der Waals surface area contributed by atoms with Gasteiger partial charge in [0.2, 0.25) is 5.89 Å². The molecule has 2 atom stereocenters. The Kier molecular flexibility index (Phi) is 4.30. The van der Waals surface area contributed by atoms with E-state index < -0.39 is 0 Å². The molecule has 90 valence electrons. The number of hydrogen-bond donors (Lipinski definition) is 1. The summed E-state index contributed by atoms with van der Waals surface area (Å²) in [6.07, 6.45) is 7.46. The van der Waals surface area contributed by atoms with Crippen molar-refractivity contribution in [1.82, 2.24) is 15.5 Å². The zero-order chi connectivity index (χ0) is 11.2. The standard InChI is InChI=1S/C11H19N3O2/c1-15-10-4-2-3-9(7-10)12-6-5-11-13-8-14-16-11/h8-10,12H,2-7H2,1H3. The predicted octanol–water partition coefficient (Wildman–Crippen LogP) is 1.16. The molecule has 0 amide bonds. The van der Waals surface area contributed by atoms with Crippen molar-refractivity contribution in [2.24, 2.45) is 0 Å². The smallest absolute Gasteiger partial charge is 0.227 e. The summed E-state index contributed by atoms with van der Waals surface area (Å²) in [5.41, 5.74) is 0. The van der Waals surface area contributed by atoms with Crippen LogP contribution in [-0.4, -0.2) is 35.9 Å². The first-order valence-corrected chi connectivity index (χ1v) is 5.90. The highest BCUT2D eigenvalue weighted by atomic mass is 16.5. The highest BCUT2D eigenvalue weighted by Gasteiger charge is 2.20. The van der Waals surface area contributed by atoms with Crippen LogP contribution < -0.4 is 5.32 Å². The van der Waals surface area contributed by atoms with Crippen LogP contribution in [-0.2, 0) is 11.2 Å². The predicted molar refractivity (Wildman–Crippen MR) is 59.1 cm³/mol. The summed E-state index contributed by atoms with van der Waals surface area (Å²) in [4.78, 5) is 3.99. The van der Waals surface area contributed by atoms with Crippen LogP contribution in [0.25, 0.3) is 0 Å². The summed E-state index contributed by atoms with van der Waals surface area (Å²) in [7, 11) is 1.80. The van der Waals surface area contributed by atoms with Crippen LogP contribution in [0.4, 0.5) is 0 Å². The Hall–Kier alpha value is -0.940. The molecule has 16 heavy (non-hydrogen) atoms. The van der Waals surface area contributed by atoms with Gasteiger partial charge in [0.15, 0.2) is 6.33 Å². The molecule has 1 heterocycles. The van der Waals surface area contributed by atoms with Gasteiger partial charge in [-0.3, -0.25) is 0 Å². The number of rotatable bonds is 5. The van der Waals surface area contributed by atoms with Gasteiger partial charge in [0, 0.05) is 26.1 Å². The molecule has 1 N–H and O–H groups in total. The Morgan fingerprint density at radius 2 is 2.50 bits per heavy atom. The number of nitrogens with one attached hydrogen (secondary N) is 1. The molecule has 0 saturated heterocycles. The van der Waals surface area contributed by atoms with E-state index in [0.29, 0.717) is 18.0 Å². The lowest BCUT2D eigenvalue weighted by molar-refractivity contribution is 0.0589. The van der Waals surface area contributed by atoms with Gasteiger partial charge in [-0.2, -0.15) is 4.98 Å². The highest BCUT2D eigenvalue weighted by molar-refractivity contribution is 4.81. The molecule has 0 bridgehead atoms. The van der Waals surface area contributed by atoms with E-state index in [4.69, 9.17) is 9.26 Å². The Morgan fingerprint density at radius 1 is 1.56 bits per heavy atom. The van der Waals surface area contributed by atoms with Gasteiger partial charge in [-0.05, 0) is 25.7 Å². The molecule has 1 aromatic rings. The molecule has 0 radical (unpaired) electrons. The van der Waals surface area contributed by atoms with Gasteiger partial charge in [-0.25, -0.2) is 0 Å². The summed E-state index contributed by atoms with van der Waals surface area (Å²) in [5, 5.41) is 7.10. The van der Waals surface area contributed by atoms with Crippen LogP contribution in [0.3, 0.4) is 0 Å². The summed E-state index contributed by atoms with van der Waals surface area (Å²) in [6, 6.07) is 0.571. The second-order valence-corrected chi connectivity index (χ2v) is 4.26. The molecule has 0 spiro atoms. The number of aromatic nitrogens is 2. The van der Waals surface area contributed by atoms with Crippen LogP contribution in [0.1, 0.15) is 31.6 Å². The Balaban J connectivity index is 1.65. The first-order chi connectivity index (χ1) is 7.88. The summed E-state index contributed by atoms with van der Waals surface area (Å²) in [5.74, 6) is 0.701. The van der Waals surface area contributed by atoms with Crippen molar-refractivity contribution in [2.45, 2.75) is 44.2 Å². The van der Waals surface area contributed by atoms with Crippen molar-refractivity contribution in [3.8, 4) is 0 Å².